The summed E-state index contributed by atoms with van der Waals surface area (Å²) in [5.41, 5.74) is 4.11. The van der Waals surface area contributed by atoms with Crippen LogP contribution in [0.5, 0.6) is 0 Å². The molecule has 0 saturated carbocycles. The van der Waals surface area contributed by atoms with Gasteiger partial charge in [-0.1, -0.05) is 24.3 Å². The van der Waals surface area contributed by atoms with E-state index in [4.69, 9.17) is 4.74 Å². The number of carbonyl (C=O) groups excluding carboxylic acids is 2. The molecule has 0 bridgehead atoms. The Morgan fingerprint density at radius 2 is 1.89 bits per heavy atom. The monoisotopic (exact) mass is 478 g/mol. The maximum absolute atomic E-state index is 13.7. The number of urea groups is 1. The van der Waals surface area contributed by atoms with Crippen LogP contribution in [-0.4, -0.2) is 68.2 Å². The largest absolute Gasteiger partial charge is 0.378 e. The number of benzene rings is 2. The van der Waals surface area contributed by atoms with E-state index < -0.39 is 0 Å². The molecule has 0 aliphatic carbocycles. The summed E-state index contributed by atoms with van der Waals surface area (Å²) in [6, 6.07) is 16.0. The lowest BCUT2D eigenvalue weighted by atomic mass is 9.96. The van der Waals surface area contributed by atoms with Crippen LogP contribution in [0.25, 0.3) is 0 Å². The van der Waals surface area contributed by atoms with E-state index in [0.717, 1.165) is 54.8 Å². The summed E-state index contributed by atoms with van der Waals surface area (Å²) in [5, 5.41) is 2.99. The minimum atomic E-state index is -0.200. The van der Waals surface area contributed by atoms with Gasteiger partial charge in [0.25, 0.3) is 0 Å². The van der Waals surface area contributed by atoms with E-state index in [0.29, 0.717) is 26.2 Å². The summed E-state index contributed by atoms with van der Waals surface area (Å²) < 4.78 is 5.87. The molecule has 188 valence electrons. The van der Waals surface area contributed by atoms with Crippen molar-refractivity contribution in [1.29, 1.82) is 0 Å². The highest BCUT2D eigenvalue weighted by Crippen LogP contribution is 2.24. The quantitative estimate of drug-likeness (QED) is 0.636. The minimum absolute atomic E-state index is 0.0873. The average molecular weight is 479 g/mol. The summed E-state index contributed by atoms with van der Waals surface area (Å²) >= 11 is 0. The molecule has 2 saturated heterocycles. The third-order valence-electron chi connectivity index (χ3n) is 6.91. The standard InChI is InChI=1S/C28H38N4O3/c1-21-7-4-9-24(17-21)29-28(34)31-15-5-8-23(19-31)27(33)32(20-26-10-6-16-35-26)18-22-11-13-25(14-12-22)30(2)3/h4,7,9,11-14,17,23,26H,5-6,8,10,15-16,18-20H2,1-3H3,(H,29,34). The van der Waals surface area contributed by atoms with E-state index in [1.807, 2.05) is 50.2 Å². The number of aryl methyl sites for hydroxylation is 1. The number of piperidine rings is 1. The molecule has 2 unspecified atom stereocenters. The summed E-state index contributed by atoms with van der Waals surface area (Å²) in [4.78, 5) is 32.5. The molecule has 0 aromatic heterocycles. The lowest BCUT2D eigenvalue weighted by Gasteiger charge is -2.35. The number of nitrogens with one attached hydrogen (secondary N) is 1. The Kier molecular flexibility index (Phi) is 8.29. The van der Waals surface area contributed by atoms with Gasteiger partial charge in [0.05, 0.1) is 12.0 Å². The van der Waals surface area contributed by atoms with Gasteiger partial charge in [0, 0.05) is 58.3 Å². The Morgan fingerprint density at radius 1 is 1.09 bits per heavy atom. The number of hydrogen-bond acceptors (Lipinski definition) is 4. The number of rotatable bonds is 7. The number of anilines is 2. The molecule has 2 aromatic rings. The van der Waals surface area contributed by atoms with Crippen LogP contribution < -0.4 is 10.2 Å². The zero-order valence-electron chi connectivity index (χ0n) is 21.2. The van der Waals surface area contributed by atoms with Gasteiger partial charge < -0.3 is 24.8 Å². The highest BCUT2D eigenvalue weighted by atomic mass is 16.5. The SMILES string of the molecule is Cc1cccc(NC(=O)N2CCCC(C(=O)N(Cc3ccc(N(C)C)cc3)CC3CCCO3)C2)c1. The Bertz CT molecular complexity index is 1000. The number of amides is 3. The summed E-state index contributed by atoms with van der Waals surface area (Å²) in [6.45, 7) is 5.03. The number of nitrogens with zero attached hydrogens (tertiary/aromatic N) is 3. The van der Waals surface area contributed by atoms with Crippen LogP contribution in [0.1, 0.15) is 36.8 Å². The van der Waals surface area contributed by atoms with E-state index in [2.05, 4.69) is 34.5 Å². The molecule has 2 heterocycles. The van der Waals surface area contributed by atoms with Crippen molar-refractivity contribution in [3.05, 3.63) is 59.7 Å². The van der Waals surface area contributed by atoms with Crippen LogP contribution >= 0.6 is 0 Å². The smallest absolute Gasteiger partial charge is 0.321 e. The zero-order valence-corrected chi connectivity index (χ0v) is 21.2. The van der Waals surface area contributed by atoms with Crippen LogP contribution in [0, 0.1) is 12.8 Å². The molecular weight excluding hydrogens is 440 g/mol. The Labute approximate surface area is 209 Å². The lowest BCUT2D eigenvalue weighted by molar-refractivity contribution is -0.139. The van der Waals surface area contributed by atoms with Crippen molar-refractivity contribution >= 4 is 23.3 Å². The van der Waals surface area contributed by atoms with E-state index in [9.17, 15) is 9.59 Å². The molecule has 2 aliphatic heterocycles. The van der Waals surface area contributed by atoms with Gasteiger partial charge >= 0.3 is 6.03 Å². The van der Waals surface area contributed by atoms with Gasteiger partial charge in [-0.05, 0) is 68.0 Å². The summed E-state index contributed by atoms with van der Waals surface area (Å²) in [7, 11) is 4.04. The van der Waals surface area contributed by atoms with Crippen LogP contribution in [0.15, 0.2) is 48.5 Å². The molecule has 2 aromatic carbocycles. The molecule has 2 atom stereocenters. The third-order valence-corrected chi connectivity index (χ3v) is 6.91. The zero-order chi connectivity index (χ0) is 24.8. The minimum Gasteiger partial charge on any atom is -0.378 e. The molecule has 0 spiro atoms. The average Bonchev–Trinajstić information content (AvgIpc) is 3.37. The van der Waals surface area contributed by atoms with Crippen molar-refractivity contribution in [3.8, 4) is 0 Å². The summed E-state index contributed by atoms with van der Waals surface area (Å²) in [6.07, 6.45) is 3.74. The predicted molar refractivity (Wildman–Crippen MR) is 140 cm³/mol. The first-order valence-corrected chi connectivity index (χ1v) is 12.7. The van der Waals surface area contributed by atoms with E-state index in [1.54, 1.807) is 4.90 Å². The molecule has 4 rings (SSSR count). The predicted octanol–water partition coefficient (Wildman–Crippen LogP) is 4.51. The van der Waals surface area contributed by atoms with E-state index in [1.165, 1.54) is 0 Å². The van der Waals surface area contributed by atoms with E-state index in [-0.39, 0.29) is 24.0 Å². The number of ether oxygens (including phenoxy) is 1. The second kappa shape index (κ2) is 11.6. The van der Waals surface area contributed by atoms with Gasteiger partial charge in [0.15, 0.2) is 0 Å². The second-order valence-electron chi connectivity index (χ2n) is 10.00. The first-order chi connectivity index (χ1) is 16.9. The first kappa shape index (κ1) is 25.0. The summed E-state index contributed by atoms with van der Waals surface area (Å²) in [5.74, 6) is -0.0836. The fraction of sp³-hybridized carbons (Fsp3) is 0.500. The molecule has 0 radical (unpaired) electrons. The number of carbonyl (C=O) groups is 2. The van der Waals surface area contributed by atoms with Crippen molar-refractivity contribution < 1.29 is 14.3 Å². The Morgan fingerprint density at radius 3 is 2.57 bits per heavy atom. The Hall–Kier alpha value is -3.06. The normalized spacial score (nSPS) is 19.9. The molecular formula is C28H38N4O3. The van der Waals surface area contributed by atoms with Crippen molar-refractivity contribution in [3.63, 3.8) is 0 Å². The van der Waals surface area contributed by atoms with Gasteiger partial charge in [-0.3, -0.25) is 4.79 Å². The fourth-order valence-corrected chi connectivity index (χ4v) is 4.93. The number of hydrogen-bond donors (Lipinski definition) is 1. The molecule has 2 aliphatic rings. The number of likely N-dealkylation sites (tertiary alicyclic amines) is 1. The van der Waals surface area contributed by atoms with Crippen LogP contribution in [0.3, 0.4) is 0 Å². The van der Waals surface area contributed by atoms with E-state index >= 15 is 0 Å². The maximum Gasteiger partial charge on any atom is 0.321 e. The van der Waals surface area contributed by atoms with Gasteiger partial charge in [0.1, 0.15) is 0 Å². The van der Waals surface area contributed by atoms with Crippen LogP contribution in [-0.2, 0) is 16.1 Å². The van der Waals surface area contributed by atoms with Crippen molar-refractivity contribution in [2.75, 3.05) is 50.6 Å². The van der Waals surface area contributed by atoms with Crippen LogP contribution in [0.4, 0.5) is 16.2 Å². The first-order valence-electron chi connectivity index (χ1n) is 12.7. The van der Waals surface area contributed by atoms with Gasteiger partial charge in [-0.25, -0.2) is 4.79 Å². The second-order valence-corrected chi connectivity index (χ2v) is 10.00. The molecule has 35 heavy (non-hydrogen) atoms. The highest BCUT2D eigenvalue weighted by molar-refractivity contribution is 5.90. The lowest BCUT2D eigenvalue weighted by Crippen LogP contribution is -2.49. The molecule has 3 amide bonds. The topological polar surface area (TPSA) is 65.1 Å². The fourth-order valence-electron chi connectivity index (χ4n) is 4.93. The van der Waals surface area contributed by atoms with Crippen molar-refractivity contribution in [2.45, 2.75) is 45.3 Å². The maximum atomic E-state index is 13.7. The van der Waals surface area contributed by atoms with Crippen molar-refractivity contribution in [2.24, 2.45) is 5.92 Å². The molecule has 7 heteroatoms. The molecule has 7 nitrogen and oxygen atoms in total. The van der Waals surface area contributed by atoms with Crippen LogP contribution in [0.2, 0.25) is 0 Å². The van der Waals surface area contributed by atoms with Crippen molar-refractivity contribution in [1.82, 2.24) is 9.80 Å². The molecule has 1 N–H and O–H groups in total. The van der Waals surface area contributed by atoms with Gasteiger partial charge in [-0.15, -0.1) is 0 Å². The third kappa shape index (κ3) is 6.75. The molecule has 2 fully saturated rings. The highest BCUT2D eigenvalue weighted by Gasteiger charge is 2.33. The Balaban J connectivity index is 1.43. The van der Waals surface area contributed by atoms with Gasteiger partial charge in [-0.2, -0.15) is 0 Å². The van der Waals surface area contributed by atoms with Gasteiger partial charge in [0.2, 0.25) is 5.91 Å².